The number of aliphatic hydroxyl groups is 1. The van der Waals surface area contributed by atoms with Crippen LogP contribution in [0.2, 0.25) is 0 Å². The van der Waals surface area contributed by atoms with Crippen molar-refractivity contribution in [2.24, 2.45) is 0 Å². The van der Waals surface area contributed by atoms with Gasteiger partial charge < -0.3 is 19.9 Å². The first-order chi connectivity index (χ1) is 8.24. The Bertz CT molecular complexity index is 337. The largest absolute Gasteiger partial charge is 0.497 e. The van der Waals surface area contributed by atoms with Crippen molar-refractivity contribution in [3.05, 3.63) is 23.8 Å². The van der Waals surface area contributed by atoms with Gasteiger partial charge in [-0.1, -0.05) is 6.92 Å². The van der Waals surface area contributed by atoms with Crippen molar-refractivity contribution >= 4 is 0 Å². The van der Waals surface area contributed by atoms with Crippen molar-refractivity contribution < 1.29 is 19.9 Å². The summed E-state index contributed by atoms with van der Waals surface area (Å²) in [5.41, 5.74) is 1.11. The van der Waals surface area contributed by atoms with Gasteiger partial charge in [0.25, 0.3) is 0 Å². The van der Waals surface area contributed by atoms with E-state index in [1.54, 1.807) is 14.2 Å². The predicted octanol–water partition coefficient (Wildman–Crippen LogP) is 0.538. The number of aliphatic hydroxyl groups excluding tert-OH is 1. The average molecular weight is 240 g/mol. The standard InChI is InChI=1S/C13H21NO3/c1-4-11(9-15)14-8-10-5-6-12(16-2)7-13(10)17-3/h5-7,11,14-15H,4,8-9H2,1-3H3/p+1/t11-/m1/s1. The Labute approximate surface area is 103 Å². The summed E-state index contributed by atoms with van der Waals surface area (Å²) in [7, 11) is 3.29. The van der Waals surface area contributed by atoms with Crippen molar-refractivity contribution in [1.82, 2.24) is 0 Å². The zero-order valence-electron chi connectivity index (χ0n) is 10.8. The Morgan fingerprint density at radius 1 is 1.29 bits per heavy atom. The summed E-state index contributed by atoms with van der Waals surface area (Å²) in [6.07, 6.45) is 0.953. The first kappa shape index (κ1) is 13.8. The van der Waals surface area contributed by atoms with Gasteiger partial charge in [0.05, 0.1) is 20.8 Å². The monoisotopic (exact) mass is 240 g/mol. The molecule has 1 atom stereocenters. The van der Waals surface area contributed by atoms with Crippen LogP contribution >= 0.6 is 0 Å². The van der Waals surface area contributed by atoms with E-state index in [1.807, 2.05) is 18.2 Å². The summed E-state index contributed by atoms with van der Waals surface area (Å²) in [6, 6.07) is 6.05. The van der Waals surface area contributed by atoms with Crippen LogP contribution in [-0.2, 0) is 6.54 Å². The Kier molecular flexibility index (Phi) is 5.80. The van der Waals surface area contributed by atoms with Gasteiger partial charge in [0.2, 0.25) is 0 Å². The second-order valence-corrected chi connectivity index (χ2v) is 3.97. The molecular weight excluding hydrogens is 218 g/mol. The molecular formula is C13H22NO3+. The van der Waals surface area contributed by atoms with Crippen LogP contribution in [0.3, 0.4) is 0 Å². The maximum atomic E-state index is 9.13. The van der Waals surface area contributed by atoms with Gasteiger partial charge in [0.1, 0.15) is 24.1 Å². The summed E-state index contributed by atoms with van der Waals surface area (Å²) in [6.45, 7) is 3.07. The Balaban J connectivity index is 2.70. The Morgan fingerprint density at radius 2 is 2.06 bits per heavy atom. The van der Waals surface area contributed by atoms with Gasteiger partial charge in [0, 0.05) is 11.6 Å². The van der Waals surface area contributed by atoms with Crippen molar-refractivity contribution in [2.75, 3.05) is 20.8 Å². The number of nitrogens with two attached hydrogens (primary N) is 1. The lowest BCUT2D eigenvalue weighted by Crippen LogP contribution is -2.89. The minimum atomic E-state index is 0.203. The highest BCUT2D eigenvalue weighted by Crippen LogP contribution is 2.23. The fourth-order valence-electron chi connectivity index (χ4n) is 1.68. The lowest BCUT2D eigenvalue weighted by atomic mass is 10.1. The number of methoxy groups -OCH3 is 2. The van der Waals surface area contributed by atoms with E-state index in [1.165, 1.54) is 0 Å². The first-order valence-electron chi connectivity index (χ1n) is 5.90. The van der Waals surface area contributed by atoms with Crippen LogP contribution < -0.4 is 14.8 Å². The minimum Gasteiger partial charge on any atom is -0.497 e. The number of hydrogen-bond donors (Lipinski definition) is 2. The van der Waals surface area contributed by atoms with E-state index in [0.29, 0.717) is 0 Å². The molecule has 1 rings (SSSR count). The van der Waals surface area contributed by atoms with Crippen LogP contribution in [0.1, 0.15) is 18.9 Å². The van der Waals surface area contributed by atoms with Crippen LogP contribution in [0.15, 0.2) is 18.2 Å². The van der Waals surface area contributed by atoms with Gasteiger partial charge in [-0.25, -0.2) is 0 Å². The van der Waals surface area contributed by atoms with Gasteiger partial charge >= 0.3 is 0 Å². The molecule has 0 amide bonds. The van der Waals surface area contributed by atoms with Crippen LogP contribution in [0.4, 0.5) is 0 Å². The summed E-state index contributed by atoms with van der Waals surface area (Å²) in [4.78, 5) is 0. The molecule has 0 fully saturated rings. The number of quaternary nitrogens is 1. The lowest BCUT2D eigenvalue weighted by Gasteiger charge is -2.13. The van der Waals surface area contributed by atoms with Crippen molar-refractivity contribution in [3.8, 4) is 11.5 Å². The fourth-order valence-corrected chi connectivity index (χ4v) is 1.68. The molecule has 1 aromatic carbocycles. The molecule has 0 aliphatic heterocycles. The van der Waals surface area contributed by atoms with Gasteiger partial charge in [-0.05, 0) is 18.6 Å². The third kappa shape index (κ3) is 3.91. The molecule has 96 valence electrons. The van der Waals surface area contributed by atoms with E-state index in [0.717, 1.165) is 30.0 Å². The van der Waals surface area contributed by atoms with Crippen molar-refractivity contribution in [2.45, 2.75) is 25.9 Å². The third-order valence-corrected chi connectivity index (χ3v) is 2.92. The second kappa shape index (κ2) is 7.14. The summed E-state index contributed by atoms with van der Waals surface area (Å²) < 4.78 is 10.5. The molecule has 0 aliphatic carbocycles. The Hall–Kier alpha value is -1.26. The zero-order chi connectivity index (χ0) is 12.7. The van der Waals surface area contributed by atoms with Gasteiger partial charge in [-0.2, -0.15) is 0 Å². The van der Waals surface area contributed by atoms with E-state index < -0.39 is 0 Å². The molecule has 4 heteroatoms. The normalized spacial score (nSPS) is 12.2. The molecule has 0 saturated heterocycles. The van der Waals surface area contributed by atoms with Gasteiger partial charge in [-0.15, -0.1) is 0 Å². The van der Waals surface area contributed by atoms with Crippen LogP contribution in [0.5, 0.6) is 11.5 Å². The molecule has 0 heterocycles. The average Bonchev–Trinajstić information content (AvgIpc) is 2.39. The van der Waals surface area contributed by atoms with Crippen LogP contribution in [-0.4, -0.2) is 32.0 Å². The molecule has 0 unspecified atom stereocenters. The van der Waals surface area contributed by atoms with E-state index in [-0.39, 0.29) is 12.6 Å². The highest BCUT2D eigenvalue weighted by Gasteiger charge is 2.11. The summed E-state index contributed by atoms with van der Waals surface area (Å²) in [5.74, 6) is 1.62. The quantitative estimate of drug-likeness (QED) is 0.731. The SMILES string of the molecule is CC[C@H](CO)[NH2+]Cc1ccc(OC)cc1OC. The molecule has 0 spiro atoms. The number of rotatable bonds is 7. The highest BCUT2D eigenvalue weighted by atomic mass is 16.5. The predicted molar refractivity (Wildman–Crippen MR) is 66.3 cm³/mol. The molecule has 17 heavy (non-hydrogen) atoms. The molecule has 0 bridgehead atoms. The second-order valence-electron chi connectivity index (χ2n) is 3.97. The first-order valence-corrected chi connectivity index (χ1v) is 5.90. The van der Waals surface area contributed by atoms with E-state index in [2.05, 4.69) is 12.2 Å². The smallest absolute Gasteiger partial charge is 0.131 e. The minimum absolute atomic E-state index is 0.203. The summed E-state index contributed by atoms with van der Waals surface area (Å²) >= 11 is 0. The van der Waals surface area contributed by atoms with E-state index >= 15 is 0 Å². The molecule has 0 aliphatic rings. The highest BCUT2D eigenvalue weighted by molar-refractivity contribution is 5.40. The van der Waals surface area contributed by atoms with E-state index in [9.17, 15) is 0 Å². The Morgan fingerprint density at radius 3 is 2.59 bits per heavy atom. The van der Waals surface area contributed by atoms with E-state index in [4.69, 9.17) is 14.6 Å². The van der Waals surface area contributed by atoms with Crippen molar-refractivity contribution in [3.63, 3.8) is 0 Å². The molecule has 4 nitrogen and oxygen atoms in total. The molecule has 0 saturated carbocycles. The number of hydrogen-bond acceptors (Lipinski definition) is 3. The summed E-state index contributed by atoms with van der Waals surface area (Å²) in [5, 5.41) is 11.3. The lowest BCUT2D eigenvalue weighted by molar-refractivity contribution is -0.706. The van der Waals surface area contributed by atoms with Gasteiger partial charge in [0.15, 0.2) is 0 Å². The fraction of sp³-hybridized carbons (Fsp3) is 0.538. The van der Waals surface area contributed by atoms with Crippen LogP contribution in [0, 0.1) is 0 Å². The third-order valence-electron chi connectivity index (χ3n) is 2.92. The maximum Gasteiger partial charge on any atom is 0.131 e. The molecule has 0 aromatic heterocycles. The van der Waals surface area contributed by atoms with Crippen molar-refractivity contribution in [1.29, 1.82) is 0 Å². The maximum absolute atomic E-state index is 9.13. The van der Waals surface area contributed by atoms with Crippen LogP contribution in [0.25, 0.3) is 0 Å². The molecule has 0 radical (unpaired) electrons. The molecule has 3 N–H and O–H groups in total. The topological polar surface area (TPSA) is 55.3 Å². The zero-order valence-corrected chi connectivity index (χ0v) is 10.8. The molecule has 1 aromatic rings. The number of ether oxygens (including phenoxy) is 2. The van der Waals surface area contributed by atoms with Gasteiger partial charge in [-0.3, -0.25) is 0 Å². The number of benzene rings is 1.